The number of nitrogens with zero attached hydrogens (tertiary/aromatic N) is 1. The number of hydrogen-bond acceptors (Lipinski definition) is 2. The van der Waals surface area contributed by atoms with Crippen molar-refractivity contribution in [2.45, 2.75) is 12.8 Å². The maximum Gasteiger partial charge on any atom is 0.312 e. The van der Waals surface area contributed by atoms with Crippen molar-refractivity contribution >= 4 is 6.03 Å². The fraction of sp³-hybridized carbons (Fsp3) is 0.667. The van der Waals surface area contributed by atoms with Crippen molar-refractivity contribution in [1.82, 2.24) is 10.2 Å². The number of urea groups is 1. The molecule has 0 atom stereocenters. The van der Waals surface area contributed by atoms with Crippen LogP contribution in [0.3, 0.4) is 0 Å². The second kappa shape index (κ2) is 5.44. The number of rotatable bonds is 2. The van der Waals surface area contributed by atoms with Crippen LogP contribution in [-0.2, 0) is 0 Å². The SMILES string of the molecule is NC(=O)NCC#CCN1CCCC1. The number of hydrogen-bond donors (Lipinski definition) is 2. The number of carbonyl (C=O) groups excluding carboxylic acids is 1. The van der Waals surface area contributed by atoms with Crippen LogP contribution in [0.1, 0.15) is 12.8 Å². The van der Waals surface area contributed by atoms with Crippen LogP contribution < -0.4 is 11.1 Å². The Hall–Kier alpha value is -1.21. The highest BCUT2D eigenvalue weighted by molar-refractivity contribution is 5.71. The predicted molar refractivity (Wildman–Crippen MR) is 51.0 cm³/mol. The van der Waals surface area contributed by atoms with Gasteiger partial charge in [0.15, 0.2) is 0 Å². The number of nitrogens with two attached hydrogens (primary N) is 1. The molecule has 0 aliphatic carbocycles. The zero-order valence-electron chi connectivity index (χ0n) is 7.68. The number of amides is 2. The first kappa shape index (κ1) is 9.87. The van der Waals surface area contributed by atoms with E-state index in [0.717, 1.165) is 19.6 Å². The molecule has 1 aliphatic rings. The molecule has 4 heteroatoms. The molecule has 0 aromatic carbocycles. The maximum absolute atomic E-state index is 10.3. The first-order chi connectivity index (χ1) is 6.29. The second-order valence-corrected chi connectivity index (χ2v) is 3.05. The zero-order valence-corrected chi connectivity index (χ0v) is 7.68. The lowest BCUT2D eigenvalue weighted by Gasteiger charge is -2.08. The minimum Gasteiger partial charge on any atom is -0.352 e. The summed E-state index contributed by atoms with van der Waals surface area (Å²) in [6.45, 7) is 3.46. The van der Waals surface area contributed by atoms with Gasteiger partial charge in [-0.3, -0.25) is 4.90 Å². The van der Waals surface area contributed by atoms with Crippen molar-refractivity contribution in [2.75, 3.05) is 26.2 Å². The molecule has 0 bridgehead atoms. The average Bonchev–Trinajstić information content (AvgIpc) is 2.55. The Bertz CT molecular complexity index is 223. The van der Waals surface area contributed by atoms with Crippen molar-refractivity contribution < 1.29 is 4.79 Å². The van der Waals surface area contributed by atoms with Crippen molar-refractivity contribution in [2.24, 2.45) is 5.73 Å². The van der Waals surface area contributed by atoms with Crippen molar-refractivity contribution in [1.29, 1.82) is 0 Å². The molecule has 1 fully saturated rings. The summed E-state index contributed by atoms with van der Waals surface area (Å²) in [6.07, 6.45) is 2.56. The van der Waals surface area contributed by atoms with E-state index in [1.165, 1.54) is 12.8 Å². The maximum atomic E-state index is 10.3. The fourth-order valence-electron chi connectivity index (χ4n) is 1.30. The normalized spacial score (nSPS) is 16.3. The van der Waals surface area contributed by atoms with Gasteiger partial charge < -0.3 is 11.1 Å². The monoisotopic (exact) mass is 181 g/mol. The molecule has 0 aromatic rings. The summed E-state index contributed by atoms with van der Waals surface area (Å²) in [7, 11) is 0. The Kier molecular flexibility index (Phi) is 4.13. The van der Waals surface area contributed by atoms with Gasteiger partial charge in [-0.15, -0.1) is 0 Å². The van der Waals surface area contributed by atoms with Crippen LogP contribution in [0.2, 0.25) is 0 Å². The Balaban J connectivity index is 2.05. The fourth-order valence-corrected chi connectivity index (χ4v) is 1.30. The lowest BCUT2D eigenvalue weighted by atomic mass is 10.4. The van der Waals surface area contributed by atoms with Crippen LogP contribution in [0.4, 0.5) is 4.79 Å². The Morgan fingerprint density at radius 2 is 2.08 bits per heavy atom. The number of nitrogens with one attached hydrogen (secondary N) is 1. The molecule has 13 heavy (non-hydrogen) atoms. The Morgan fingerprint density at radius 1 is 1.38 bits per heavy atom. The molecule has 3 N–H and O–H groups in total. The first-order valence-corrected chi connectivity index (χ1v) is 4.50. The topological polar surface area (TPSA) is 58.4 Å². The van der Waals surface area contributed by atoms with Crippen molar-refractivity contribution in [3.63, 3.8) is 0 Å². The molecular weight excluding hydrogens is 166 g/mol. The third kappa shape index (κ3) is 4.38. The highest BCUT2D eigenvalue weighted by Gasteiger charge is 2.08. The Morgan fingerprint density at radius 3 is 2.69 bits per heavy atom. The van der Waals surface area contributed by atoms with E-state index in [0.29, 0.717) is 6.54 Å². The second-order valence-electron chi connectivity index (χ2n) is 3.05. The van der Waals surface area contributed by atoms with Gasteiger partial charge in [0.2, 0.25) is 0 Å². The molecular formula is C9H15N3O. The van der Waals surface area contributed by atoms with Crippen LogP contribution in [-0.4, -0.2) is 37.1 Å². The number of likely N-dealkylation sites (tertiary alicyclic amines) is 1. The van der Waals surface area contributed by atoms with Gasteiger partial charge in [-0.2, -0.15) is 0 Å². The molecule has 0 spiro atoms. The highest BCUT2D eigenvalue weighted by Crippen LogP contribution is 2.05. The van der Waals surface area contributed by atoms with Gasteiger partial charge in [-0.25, -0.2) is 4.79 Å². The summed E-state index contributed by atoms with van der Waals surface area (Å²) in [5.74, 6) is 5.83. The van der Waals surface area contributed by atoms with E-state index in [9.17, 15) is 4.79 Å². The molecule has 0 radical (unpaired) electrons. The first-order valence-electron chi connectivity index (χ1n) is 4.50. The minimum atomic E-state index is -0.518. The third-order valence-corrected chi connectivity index (χ3v) is 1.98. The van der Waals surface area contributed by atoms with Gasteiger partial charge in [-0.05, 0) is 25.9 Å². The number of carbonyl (C=O) groups is 1. The van der Waals surface area contributed by atoms with Crippen LogP contribution in [0.25, 0.3) is 0 Å². The summed E-state index contributed by atoms with van der Waals surface area (Å²) < 4.78 is 0. The summed E-state index contributed by atoms with van der Waals surface area (Å²) in [5.41, 5.74) is 4.87. The lowest BCUT2D eigenvalue weighted by Crippen LogP contribution is -2.29. The van der Waals surface area contributed by atoms with Crippen LogP contribution in [0.5, 0.6) is 0 Å². The molecule has 1 rings (SSSR count). The van der Waals surface area contributed by atoms with Gasteiger partial charge >= 0.3 is 6.03 Å². The summed E-state index contributed by atoms with van der Waals surface area (Å²) in [4.78, 5) is 12.6. The molecule has 0 saturated carbocycles. The Labute approximate surface area is 78.5 Å². The van der Waals surface area contributed by atoms with E-state index in [2.05, 4.69) is 22.1 Å². The molecule has 1 aliphatic heterocycles. The van der Waals surface area contributed by atoms with Gasteiger partial charge in [0.05, 0.1) is 13.1 Å². The lowest BCUT2D eigenvalue weighted by molar-refractivity contribution is 0.250. The third-order valence-electron chi connectivity index (χ3n) is 1.98. The molecule has 0 unspecified atom stereocenters. The summed E-state index contributed by atoms with van der Waals surface area (Å²) >= 11 is 0. The summed E-state index contributed by atoms with van der Waals surface area (Å²) in [5, 5.41) is 2.42. The standard InChI is InChI=1S/C9H15N3O/c10-9(13)11-5-1-2-6-12-7-3-4-8-12/h3-8H2,(H3,10,11,13). The van der Waals surface area contributed by atoms with E-state index in [4.69, 9.17) is 5.73 Å². The van der Waals surface area contributed by atoms with Gasteiger partial charge in [0, 0.05) is 0 Å². The van der Waals surface area contributed by atoms with Crippen LogP contribution in [0, 0.1) is 11.8 Å². The highest BCUT2D eigenvalue weighted by atomic mass is 16.2. The minimum absolute atomic E-state index is 0.350. The molecule has 72 valence electrons. The van der Waals surface area contributed by atoms with E-state index in [-0.39, 0.29) is 0 Å². The van der Waals surface area contributed by atoms with Crippen molar-refractivity contribution in [3.05, 3.63) is 0 Å². The van der Waals surface area contributed by atoms with E-state index in [1.54, 1.807) is 0 Å². The zero-order chi connectivity index (χ0) is 9.52. The largest absolute Gasteiger partial charge is 0.352 e. The van der Waals surface area contributed by atoms with E-state index < -0.39 is 6.03 Å². The van der Waals surface area contributed by atoms with Gasteiger partial charge in [0.1, 0.15) is 0 Å². The van der Waals surface area contributed by atoms with Crippen molar-refractivity contribution in [3.8, 4) is 11.8 Å². The smallest absolute Gasteiger partial charge is 0.312 e. The number of primary amides is 1. The quantitative estimate of drug-likeness (QED) is 0.577. The van der Waals surface area contributed by atoms with E-state index >= 15 is 0 Å². The predicted octanol–water partition coefficient (Wildman–Crippen LogP) is -0.246. The van der Waals surface area contributed by atoms with Gasteiger partial charge in [-0.1, -0.05) is 11.8 Å². The molecule has 1 saturated heterocycles. The van der Waals surface area contributed by atoms with Gasteiger partial charge in [0.25, 0.3) is 0 Å². The molecule has 2 amide bonds. The van der Waals surface area contributed by atoms with Crippen LogP contribution in [0.15, 0.2) is 0 Å². The van der Waals surface area contributed by atoms with Crippen LogP contribution >= 0.6 is 0 Å². The molecule has 0 aromatic heterocycles. The molecule has 1 heterocycles. The average molecular weight is 181 g/mol. The summed E-state index contributed by atoms with van der Waals surface area (Å²) in [6, 6.07) is -0.518. The molecule has 4 nitrogen and oxygen atoms in total. The van der Waals surface area contributed by atoms with E-state index in [1.807, 2.05) is 0 Å².